The lowest BCUT2D eigenvalue weighted by atomic mass is 9.58. The fraction of sp³-hybridized carbons (Fsp3) is 0.938. The van der Waals surface area contributed by atoms with Gasteiger partial charge in [-0.2, -0.15) is 0 Å². The summed E-state index contributed by atoms with van der Waals surface area (Å²) in [4.78, 5) is 7.03. The molecule has 0 aromatic carbocycles. The first kappa shape index (κ1) is 16.0. The number of nitrogens with two attached hydrogens (primary N) is 1. The van der Waals surface area contributed by atoms with Gasteiger partial charge in [0.1, 0.15) is 0 Å². The first-order valence-electron chi connectivity index (χ1n) is 8.55. The molecule has 3 unspecified atom stereocenters. The second kappa shape index (κ2) is 6.72. The zero-order valence-corrected chi connectivity index (χ0v) is 13.8. The summed E-state index contributed by atoms with van der Waals surface area (Å²) >= 11 is 0. The average molecular weight is 311 g/mol. The van der Waals surface area contributed by atoms with E-state index < -0.39 is 0 Å². The van der Waals surface area contributed by atoms with Gasteiger partial charge in [-0.15, -0.1) is 0 Å². The lowest BCUT2D eigenvalue weighted by Gasteiger charge is -2.55. The van der Waals surface area contributed by atoms with Crippen LogP contribution in [0.1, 0.15) is 33.1 Å². The molecule has 0 aromatic rings. The first-order chi connectivity index (χ1) is 10.7. The zero-order chi connectivity index (χ0) is 15.6. The van der Waals surface area contributed by atoms with Crippen LogP contribution in [0.5, 0.6) is 0 Å². The molecule has 1 saturated carbocycles. The van der Waals surface area contributed by atoms with Gasteiger partial charge in [-0.1, -0.05) is 0 Å². The SMILES string of the molecule is CCOC1CC(N=C(N)N2CCOC(C)C2)C12CCOCC2. The van der Waals surface area contributed by atoms with E-state index in [9.17, 15) is 0 Å². The van der Waals surface area contributed by atoms with Gasteiger partial charge in [0, 0.05) is 38.3 Å². The molecule has 0 aromatic heterocycles. The van der Waals surface area contributed by atoms with E-state index in [1.807, 2.05) is 0 Å². The molecule has 6 heteroatoms. The molecule has 2 aliphatic heterocycles. The molecule has 126 valence electrons. The van der Waals surface area contributed by atoms with Gasteiger partial charge < -0.3 is 24.8 Å². The van der Waals surface area contributed by atoms with Crippen molar-refractivity contribution in [2.75, 3.05) is 39.5 Å². The molecule has 3 rings (SSSR count). The molecule has 3 fully saturated rings. The fourth-order valence-corrected chi connectivity index (χ4v) is 4.02. The van der Waals surface area contributed by atoms with E-state index in [2.05, 4.69) is 18.7 Å². The minimum atomic E-state index is 0.136. The molecular formula is C16H29N3O3. The van der Waals surface area contributed by atoms with Crippen molar-refractivity contribution in [2.45, 2.75) is 51.4 Å². The maximum absolute atomic E-state index is 6.28. The number of nitrogens with zero attached hydrogens (tertiary/aromatic N) is 2. The Bertz CT molecular complexity index is 409. The fourth-order valence-electron chi connectivity index (χ4n) is 4.02. The van der Waals surface area contributed by atoms with E-state index in [-0.39, 0.29) is 17.6 Å². The van der Waals surface area contributed by atoms with Crippen LogP contribution in [0.3, 0.4) is 0 Å². The highest BCUT2D eigenvalue weighted by molar-refractivity contribution is 5.78. The highest BCUT2D eigenvalue weighted by Gasteiger charge is 2.56. The van der Waals surface area contributed by atoms with Gasteiger partial charge in [0.05, 0.1) is 24.9 Å². The van der Waals surface area contributed by atoms with Crippen LogP contribution in [0.2, 0.25) is 0 Å². The summed E-state index contributed by atoms with van der Waals surface area (Å²) in [5.41, 5.74) is 6.41. The standard InChI is InChI=1S/C16H29N3O3/c1-3-21-14-10-13(16(14)4-7-20-8-5-16)18-15(17)19-6-9-22-12(2)11-19/h12-14H,3-11H2,1-2H3,(H2,17,18). The number of hydrogen-bond acceptors (Lipinski definition) is 4. The third-order valence-corrected chi connectivity index (χ3v) is 5.39. The second-order valence-corrected chi connectivity index (χ2v) is 6.66. The third kappa shape index (κ3) is 2.96. The quantitative estimate of drug-likeness (QED) is 0.622. The molecule has 1 spiro atoms. The highest BCUT2D eigenvalue weighted by Crippen LogP contribution is 2.52. The molecular weight excluding hydrogens is 282 g/mol. The number of rotatable bonds is 3. The summed E-state index contributed by atoms with van der Waals surface area (Å²) < 4.78 is 17.1. The summed E-state index contributed by atoms with van der Waals surface area (Å²) in [6.07, 6.45) is 3.56. The molecule has 2 saturated heterocycles. The predicted octanol–water partition coefficient (Wildman–Crippen LogP) is 0.996. The van der Waals surface area contributed by atoms with Gasteiger partial charge in [0.25, 0.3) is 0 Å². The van der Waals surface area contributed by atoms with Crippen LogP contribution >= 0.6 is 0 Å². The lowest BCUT2D eigenvalue weighted by Crippen LogP contribution is -2.61. The Labute approximate surface area is 133 Å². The summed E-state index contributed by atoms with van der Waals surface area (Å²) in [5, 5.41) is 0. The van der Waals surface area contributed by atoms with Gasteiger partial charge in [-0.05, 0) is 33.1 Å². The van der Waals surface area contributed by atoms with Crippen LogP contribution in [0.4, 0.5) is 0 Å². The molecule has 3 atom stereocenters. The Morgan fingerprint density at radius 2 is 2.14 bits per heavy atom. The van der Waals surface area contributed by atoms with Crippen molar-refractivity contribution in [3.63, 3.8) is 0 Å². The van der Waals surface area contributed by atoms with Gasteiger partial charge in [-0.25, -0.2) is 4.99 Å². The minimum Gasteiger partial charge on any atom is -0.381 e. The molecule has 22 heavy (non-hydrogen) atoms. The van der Waals surface area contributed by atoms with Gasteiger partial charge in [0.15, 0.2) is 5.96 Å². The zero-order valence-electron chi connectivity index (χ0n) is 13.8. The van der Waals surface area contributed by atoms with E-state index in [4.69, 9.17) is 24.9 Å². The van der Waals surface area contributed by atoms with Crippen molar-refractivity contribution in [3.8, 4) is 0 Å². The van der Waals surface area contributed by atoms with Crippen LogP contribution in [0, 0.1) is 5.41 Å². The maximum Gasteiger partial charge on any atom is 0.191 e. The van der Waals surface area contributed by atoms with Crippen LogP contribution in [-0.2, 0) is 14.2 Å². The minimum absolute atomic E-state index is 0.136. The number of hydrogen-bond donors (Lipinski definition) is 1. The molecule has 0 amide bonds. The Kier molecular flexibility index (Phi) is 4.90. The summed E-state index contributed by atoms with van der Waals surface area (Å²) in [5.74, 6) is 0.668. The van der Waals surface area contributed by atoms with Crippen molar-refractivity contribution < 1.29 is 14.2 Å². The van der Waals surface area contributed by atoms with E-state index in [0.29, 0.717) is 12.1 Å². The first-order valence-corrected chi connectivity index (χ1v) is 8.55. The normalized spacial score (nSPS) is 35.5. The largest absolute Gasteiger partial charge is 0.381 e. The summed E-state index contributed by atoms with van der Waals surface area (Å²) in [6, 6.07) is 0.270. The average Bonchev–Trinajstić information content (AvgIpc) is 2.54. The number of ether oxygens (including phenoxy) is 3. The van der Waals surface area contributed by atoms with Crippen LogP contribution in [-0.4, -0.2) is 68.6 Å². The Balaban J connectivity index is 1.69. The van der Waals surface area contributed by atoms with Gasteiger partial charge >= 0.3 is 0 Å². The summed E-state index contributed by atoms with van der Waals surface area (Å²) in [6.45, 7) is 8.91. The van der Waals surface area contributed by atoms with E-state index in [0.717, 1.165) is 58.8 Å². The smallest absolute Gasteiger partial charge is 0.191 e. The molecule has 0 bridgehead atoms. The Hall–Kier alpha value is -0.850. The van der Waals surface area contributed by atoms with Gasteiger partial charge in [0.2, 0.25) is 0 Å². The monoisotopic (exact) mass is 311 g/mol. The van der Waals surface area contributed by atoms with Crippen LogP contribution in [0.15, 0.2) is 4.99 Å². The molecule has 1 aliphatic carbocycles. The number of aliphatic imine (C=N–C) groups is 1. The third-order valence-electron chi connectivity index (χ3n) is 5.39. The highest BCUT2D eigenvalue weighted by atomic mass is 16.5. The molecule has 2 N–H and O–H groups in total. The van der Waals surface area contributed by atoms with Crippen molar-refractivity contribution >= 4 is 5.96 Å². The van der Waals surface area contributed by atoms with Crippen molar-refractivity contribution in [1.29, 1.82) is 0 Å². The topological polar surface area (TPSA) is 69.3 Å². The second-order valence-electron chi connectivity index (χ2n) is 6.66. The number of guanidine groups is 1. The van der Waals surface area contributed by atoms with Crippen molar-refractivity contribution in [3.05, 3.63) is 0 Å². The molecule has 6 nitrogen and oxygen atoms in total. The lowest BCUT2D eigenvalue weighted by molar-refractivity contribution is -0.163. The van der Waals surface area contributed by atoms with E-state index in [1.54, 1.807) is 0 Å². The van der Waals surface area contributed by atoms with Crippen LogP contribution in [0.25, 0.3) is 0 Å². The summed E-state index contributed by atoms with van der Waals surface area (Å²) in [7, 11) is 0. The van der Waals surface area contributed by atoms with Crippen molar-refractivity contribution in [2.24, 2.45) is 16.1 Å². The van der Waals surface area contributed by atoms with Crippen LogP contribution < -0.4 is 5.73 Å². The molecule has 2 heterocycles. The van der Waals surface area contributed by atoms with Gasteiger partial charge in [-0.3, -0.25) is 0 Å². The predicted molar refractivity (Wildman–Crippen MR) is 84.9 cm³/mol. The van der Waals surface area contributed by atoms with E-state index >= 15 is 0 Å². The number of morpholine rings is 1. The molecule has 3 aliphatic rings. The Morgan fingerprint density at radius 3 is 2.82 bits per heavy atom. The van der Waals surface area contributed by atoms with E-state index in [1.165, 1.54) is 0 Å². The molecule has 0 radical (unpaired) electrons. The maximum atomic E-state index is 6.28. The Morgan fingerprint density at radius 1 is 1.36 bits per heavy atom. The van der Waals surface area contributed by atoms with Crippen molar-refractivity contribution in [1.82, 2.24) is 4.90 Å².